The number of carbonyl (C=O) groups excluding carboxylic acids is 2. The first kappa shape index (κ1) is 30.5. The minimum atomic E-state index is -0.936. The monoisotopic (exact) mass is 565 g/mol. The van der Waals surface area contributed by atoms with E-state index in [2.05, 4.69) is 9.88 Å². The third-order valence-corrected chi connectivity index (χ3v) is 7.51. The van der Waals surface area contributed by atoms with Crippen LogP contribution in [0.15, 0.2) is 35.3 Å². The van der Waals surface area contributed by atoms with E-state index in [1.54, 1.807) is 53.2 Å². The Balaban J connectivity index is 1.70. The number of imidazole rings is 1. The first-order valence-electron chi connectivity index (χ1n) is 14.3. The Labute approximate surface area is 241 Å². The molecule has 0 saturated carbocycles. The number of hydrogen-bond donors (Lipinski definition) is 2. The molecular formula is C31H43N5O5. The van der Waals surface area contributed by atoms with E-state index in [1.807, 2.05) is 35.4 Å². The number of aliphatic hydroxyl groups is 1. The summed E-state index contributed by atoms with van der Waals surface area (Å²) in [4.78, 5) is 44.1. The van der Waals surface area contributed by atoms with Crippen molar-refractivity contribution in [2.24, 2.45) is 13.0 Å². The number of aliphatic hydroxyl groups excluding tert-OH is 1. The second-order valence-corrected chi connectivity index (χ2v) is 12.3. The molecule has 3 aromatic rings. The molecule has 10 heteroatoms. The summed E-state index contributed by atoms with van der Waals surface area (Å²) >= 11 is 0. The quantitative estimate of drug-likeness (QED) is 0.403. The van der Waals surface area contributed by atoms with Crippen LogP contribution in [0.1, 0.15) is 58.6 Å². The Bertz CT molecular complexity index is 1460. The number of aromatic nitrogens is 3. The molecule has 3 atom stereocenters. The molecule has 0 radical (unpaired) electrons. The third-order valence-electron chi connectivity index (χ3n) is 7.51. The maximum Gasteiger partial charge on any atom is 0.326 e. The smallest absolute Gasteiger partial charge is 0.326 e. The number of nitrogens with zero attached hydrogens (tertiary/aromatic N) is 4. The number of amides is 1. The Kier molecular flexibility index (Phi) is 9.03. The highest BCUT2D eigenvalue weighted by atomic mass is 16.6. The molecule has 0 bridgehead atoms. The molecular weight excluding hydrogens is 522 g/mol. The molecule has 2 aromatic heterocycles. The van der Waals surface area contributed by atoms with Crippen LogP contribution in [-0.4, -0.2) is 66.8 Å². The molecule has 1 amide bonds. The van der Waals surface area contributed by atoms with Crippen molar-refractivity contribution in [3.63, 3.8) is 0 Å². The number of pyridine rings is 1. The Hall–Kier alpha value is -3.50. The highest BCUT2D eigenvalue weighted by Crippen LogP contribution is 2.29. The van der Waals surface area contributed by atoms with Gasteiger partial charge in [-0.3, -0.25) is 19.7 Å². The van der Waals surface area contributed by atoms with Crippen molar-refractivity contribution in [2.75, 3.05) is 13.1 Å². The minimum absolute atomic E-state index is 0.0493. The average Bonchev–Trinajstić information content (AvgIpc) is 3.23. The lowest BCUT2D eigenvalue weighted by atomic mass is 9.97. The van der Waals surface area contributed by atoms with Gasteiger partial charge in [0, 0.05) is 57.5 Å². The number of carbonyl (C=O) groups is 2. The Morgan fingerprint density at radius 3 is 2.61 bits per heavy atom. The van der Waals surface area contributed by atoms with Gasteiger partial charge in [0.25, 0.3) is 5.56 Å². The summed E-state index contributed by atoms with van der Waals surface area (Å²) in [5, 5.41) is 13.4. The van der Waals surface area contributed by atoms with E-state index in [0.29, 0.717) is 25.2 Å². The number of aryl methyl sites for hydroxylation is 2. The van der Waals surface area contributed by atoms with Gasteiger partial charge in [0.1, 0.15) is 17.5 Å². The van der Waals surface area contributed by atoms with Gasteiger partial charge in [-0.1, -0.05) is 6.07 Å². The predicted octanol–water partition coefficient (Wildman–Crippen LogP) is 3.15. The number of benzene rings is 1. The fourth-order valence-corrected chi connectivity index (χ4v) is 5.49. The standard InChI is InChI=1S/C31H43N5O5/c1-19-13-24(18-34(7)29(19)39)28-33-25-11-10-22(15-32-27(20(2)37)30(40)41-31(4,5)6)14-26(25)36(28)17-23-9-8-12-35(16-23)21(3)38/h10-11,13-14,18,20,23,27,32,37H,8-9,12,15-17H2,1-7H3/t20-,23+,27+/m1/s1. The molecule has 2 N–H and O–H groups in total. The first-order chi connectivity index (χ1) is 19.2. The highest BCUT2D eigenvalue weighted by Gasteiger charge is 2.29. The van der Waals surface area contributed by atoms with Crippen LogP contribution in [0.5, 0.6) is 0 Å². The lowest BCUT2D eigenvalue weighted by molar-refractivity contribution is -0.160. The zero-order valence-electron chi connectivity index (χ0n) is 25.2. The first-order valence-corrected chi connectivity index (χ1v) is 14.3. The topological polar surface area (TPSA) is 119 Å². The van der Waals surface area contributed by atoms with Crippen LogP contribution in [0.4, 0.5) is 0 Å². The Morgan fingerprint density at radius 2 is 1.98 bits per heavy atom. The summed E-state index contributed by atoms with van der Waals surface area (Å²) in [6, 6.07) is 6.95. The molecule has 1 aliphatic heterocycles. The van der Waals surface area contributed by atoms with E-state index in [4.69, 9.17) is 9.72 Å². The largest absolute Gasteiger partial charge is 0.459 e. The van der Waals surface area contributed by atoms with Crippen LogP contribution in [-0.2, 0) is 34.5 Å². The van der Waals surface area contributed by atoms with Crippen molar-refractivity contribution < 1.29 is 19.4 Å². The van der Waals surface area contributed by atoms with E-state index in [9.17, 15) is 19.5 Å². The van der Waals surface area contributed by atoms with Gasteiger partial charge in [0.2, 0.25) is 5.91 Å². The summed E-state index contributed by atoms with van der Waals surface area (Å²) in [6.07, 6.45) is 2.83. The number of rotatable bonds is 8. The van der Waals surface area contributed by atoms with E-state index in [-0.39, 0.29) is 17.4 Å². The summed E-state index contributed by atoms with van der Waals surface area (Å²) in [5.41, 5.74) is 3.44. The molecule has 0 aliphatic carbocycles. The molecule has 1 saturated heterocycles. The zero-order valence-corrected chi connectivity index (χ0v) is 25.2. The van der Waals surface area contributed by atoms with Gasteiger partial charge in [0.15, 0.2) is 0 Å². The molecule has 0 spiro atoms. The summed E-state index contributed by atoms with van der Waals surface area (Å²) in [6.45, 7) is 12.8. The Morgan fingerprint density at radius 1 is 1.24 bits per heavy atom. The number of esters is 1. The lowest BCUT2D eigenvalue weighted by Crippen LogP contribution is -2.47. The number of ether oxygens (including phenoxy) is 1. The summed E-state index contributed by atoms with van der Waals surface area (Å²) < 4.78 is 9.27. The number of hydrogen-bond acceptors (Lipinski definition) is 7. The average molecular weight is 566 g/mol. The fourth-order valence-electron chi connectivity index (χ4n) is 5.49. The van der Waals surface area contributed by atoms with Crippen LogP contribution in [0.3, 0.4) is 0 Å². The maximum atomic E-state index is 12.7. The van der Waals surface area contributed by atoms with Crippen molar-refractivity contribution in [3.05, 3.63) is 51.9 Å². The van der Waals surface area contributed by atoms with Gasteiger partial charge in [0.05, 0.1) is 17.1 Å². The van der Waals surface area contributed by atoms with Gasteiger partial charge >= 0.3 is 5.97 Å². The van der Waals surface area contributed by atoms with Crippen molar-refractivity contribution in [1.29, 1.82) is 0 Å². The zero-order chi connectivity index (χ0) is 30.1. The van der Waals surface area contributed by atoms with Crippen molar-refractivity contribution in [1.82, 2.24) is 24.3 Å². The number of piperidine rings is 1. The normalized spacial score (nSPS) is 17.5. The van der Waals surface area contributed by atoms with Crippen LogP contribution in [0, 0.1) is 12.8 Å². The number of nitrogens with one attached hydrogen (secondary N) is 1. The molecule has 222 valence electrons. The minimum Gasteiger partial charge on any atom is -0.459 e. The van der Waals surface area contributed by atoms with E-state index >= 15 is 0 Å². The highest BCUT2D eigenvalue weighted by molar-refractivity contribution is 5.81. The van der Waals surface area contributed by atoms with Crippen molar-refractivity contribution >= 4 is 22.9 Å². The fraction of sp³-hybridized carbons (Fsp3) is 0.548. The number of likely N-dealkylation sites (tertiary alicyclic amines) is 1. The SMILES string of the molecule is CC(=O)N1CCC[C@H](Cn2c(-c3cc(C)c(=O)n(C)c3)nc3ccc(CN[C@H](C(=O)OC(C)(C)C)[C@@H](C)O)cc32)C1. The van der Waals surface area contributed by atoms with Crippen LogP contribution < -0.4 is 10.9 Å². The number of fused-ring (bicyclic) bond motifs is 1. The van der Waals surface area contributed by atoms with Gasteiger partial charge in [-0.15, -0.1) is 0 Å². The lowest BCUT2D eigenvalue weighted by Gasteiger charge is -2.32. The molecule has 4 rings (SSSR count). The molecule has 0 unspecified atom stereocenters. The van der Waals surface area contributed by atoms with Gasteiger partial charge in [-0.05, 0) is 77.1 Å². The molecule has 1 fully saturated rings. The van der Waals surface area contributed by atoms with E-state index in [0.717, 1.165) is 47.4 Å². The molecule has 41 heavy (non-hydrogen) atoms. The third kappa shape index (κ3) is 7.23. The van der Waals surface area contributed by atoms with Crippen LogP contribution >= 0.6 is 0 Å². The van der Waals surface area contributed by atoms with E-state index < -0.39 is 23.7 Å². The van der Waals surface area contributed by atoms with Crippen molar-refractivity contribution in [3.8, 4) is 11.4 Å². The summed E-state index contributed by atoms with van der Waals surface area (Å²) in [5.74, 6) is 0.605. The van der Waals surface area contributed by atoms with Gasteiger partial charge in [-0.2, -0.15) is 0 Å². The van der Waals surface area contributed by atoms with Gasteiger partial charge in [-0.25, -0.2) is 4.98 Å². The van der Waals surface area contributed by atoms with E-state index in [1.165, 1.54) is 0 Å². The second kappa shape index (κ2) is 12.2. The molecule has 3 heterocycles. The van der Waals surface area contributed by atoms with Gasteiger partial charge < -0.3 is 23.9 Å². The second-order valence-electron chi connectivity index (χ2n) is 12.3. The van der Waals surface area contributed by atoms with Crippen molar-refractivity contribution in [2.45, 2.75) is 85.2 Å². The van der Waals surface area contributed by atoms with Crippen LogP contribution in [0.2, 0.25) is 0 Å². The molecule has 10 nitrogen and oxygen atoms in total. The molecule has 1 aliphatic rings. The maximum absolute atomic E-state index is 12.7. The predicted molar refractivity (Wildman–Crippen MR) is 158 cm³/mol. The summed E-state index contributed by atoms with van der Waals surface area (Å²) in [7, 11) is 1.74. The van der Waals surface area contributed by atoms with Crippen LogP contribution in [0.25, 0.3) is 22.4 Å². The molecule has 1 aromatic carbocycles.